The fourth-order valence-electron chi connectivity index (χ4n) is 2.97. The minimum absolute atomic E-state index is 0.128. The lowest BCUT2D eigenvalue weighted by Crippen LogP contribution is -2.60. The van der Waals surface area contributed by atoms with E-state index in [2.05, 4.69) is 5.32 Å². The molecule has 7 heteroatoms. The maximum Gasteiger partial charge on any atom is 0.306 e. The van der Waals surface area contributed by atoms with Gasteiger partial charge in [-0.25, -0.2) is 0 Å². The number of carboxylic acids is 1. The van der Waals surface area contributed by atoms with Crippen molar-refractivity contribution in [3.63, 3.8) is 0 Å². The third-order valence-electron chi connectivity index (χ3n) is 4.06. The second kappa shape index (κ2) is 5.60. The predicted molar refractivity (Wildman–Crippen MR) is 67.4 cm³/mol. The number of nitrogens with one attached hydrogen (secondary N) is 1. The Balaban J connectivity index is 2.09. The molecule has 1 saturated heterocycles. The Morgan fingerprint density at radius 1 is 1.30 bits per heavy atom. The Morgan fingerprint density at radius 2 is 1.95 bits per heavy atom. The summed E-state index contributed by atoms with van der Waals surface area (Å²) in [4.78, 5) is 47.8. The number of carbonyl (C=O) groups excluding carboxylic acids is 3. The Labute approximate surface area is 116 Å². The predicted octanol–water partition coefficient (Wildman–Crippen LogP) is -0.249. The SMILES string of the molecule is CCC1C(=O)NC(=O)CN1C(=O)[C@@H]1CC[C@H](C(=O)O)C1. The fraction of sp³-hybridized carbons (Fsp3) is 0.692. The third kappa shape index (κ3) is 2.66. The van der Waals surface area contributed by atoms with Gasteiger partial charge in [-0.05, 0) is 25.7 Å². The number of carbonyl (C=O) groups is 4. The molecule has 1 unspecified atom stereocenters. The van der Waals surface area contributed by atoms with E-state index < -0.39 is 35.7 Å². The van der Waals surface area contributed by atoms with Gasteiger partial charge in [0.25, 0.3) is 0 Å². The van der Waals surface area contributed by atoms with Crippen molar-refractivity contribution in [2.45, 2.75) is 38.6 Å². The van der Waals surface area contributed by atoms with Crippen LogP contribution in [0.5, 0.6) is 0 Å². The average molecular weight is 282 g/mol. The number of piperazine rings is 1. The van der Waals surface area contributed by atoms with Crippen LogP contribution in [0.25, 0.3) is 0 Å². The molecule has 1 heterocycles. The van der Waals surface area contributed by atoms with E-state index >= 15 is 0 Å². The molecule has 0 spiro atoms. The number of imide groups is 1. The van der Waals surface area contributed by atoms with Crippen molar-refractivity contribution in [2.24, 2.45) is 11.8 Å². The Bertz CT molecular complexity index is 462. The van der Waals surface area contributed by atoms with Crippen LogP contribution in [0.2, 0.25) is 0 Å². The molecule has 0 aromatic heterocycles. The van der Waals surface area contributed by atoms with E-state index in [0.29, 0.717) is 19.3 Å². The molecule has 2 aliphatic rings. The van der Waals surface area contributed by atoms with Crippen molar-refractivity contribution in [3.8, 4) is 0 Å². The first-order valence-corrected chi connectivity index (χ1v) is 6.81. The highest BCUT2D eigenvalue weighted by Gasteiger charge is 2.41. The third-order valence-corrected chi connectivity index (χ3v) is 4.06. The molecule has 2 fully saturated rings. The Kier molecular flexibility index (Phi) is 4.06. The second-order valence-electron chi connectivity index (χ2n) is 5.35. The van der Waals surface area contributed by atoms with Gasteiger partial charge in [0.2, 0.25) is 17.7 Å². The van der Waals surface area contributed by atoms with Gasteiger partial charge in [0, 0.05) is 5.92 Å². The Morgan fingerprint density at radius 3 is 2.50 bits per heavy atom. The highest BCUT2D eigenvalue weighted by Crippen LogP contribution is 2.33. The van der Waals surface area contributed by atoms with Crippen LogP contribution in [-0.4, -0.2) is 46.3 Å². The topological polar surface area (TPSA) is 104 Å². The summed E-state index contributed by atoms with van der Waals surface area (Å²) >= 11 is 0. The molecule has 1 aliphatic heterocycles. The summed E-state index contributed by atoms with van der Waals surface area (Å²) in [6, 6.07) is -0.635. The number of carboxylic acid groups (broad SMARTS) is 1. The number of aliphatic carboxylic acids is 1. The van der Waals surface area contributed by atoms with Crippen LogP contribution in [0.3, 0.4) is 0 Å². The molecule has 3 amide bonds. The molecule has 3 atom stereocenters. The first-order valence-electron chi connectivity index (χ1n) is 6.81. The van der Waals surface area contributed by atoms with Gasteiger partial charge in [-0.1, -0.05) is 6.92 Å². The molecule has 110 valence electrons. The van der Waals surface area contributed by atoms with Gasteiger partial charge < -0.3 is 10.0 Å². The number of hydrogen-bond donors (Lipinski definition) is 2. The lowest BCUT2D eigenvalue weighted by atomic mass is 10.0. The van der Waals surface area contributed by atoms with Crippen molar-refractivity contribution in [1.82, 2.24) is 10.2 Å². The normalized spacial score (nSPS) is 30.2. The van der Waals surface area contributed by atoms with Gasteiger partial charge in [0.05, 0.1) is 5.92 Å². The van der Waals surface area contributed by atoms with Gasteiger partial charge in [-0.2, -0.15) is 0 Å². The van der Waals surface area contributed by atoms with Crippen LogP contribution in [0, 0.1) is 11.8 Å². The molecule has 20 heavy (non-hydrogen) atoms. The molecule has 2 N–H and O–H groups in total. The van der Waals surface area contributed by atoms with Crippen LogP contribution < -0.4 is 5.32 Å². The van der Waals surface area contributed by atoms with Gasteiger partial charge in [-0.3, -0.25) is 24.5 Å². The number of rotatable bonds is 3. The number of nitrogens with zero attached hydrogens (tertiary/aromatic N) is 1. The second-order valence-corrected chi connectivity index (χ2v) is 5.35. The molecule has 1 saturated carbocycles. The molecule has 0 aromatic carbocycles. The lowest BCUT2D eigenvalue weighted by Gasteiger charge is -2.35. The summed E-state index contributed by atoms with van der Waals surface area (Å²) in [5.41, 5.74) is 0. The smallest absolute Gasteiger partial charge is 0.306 e. The summed E-state index contributed by atoms with van der Waals surface area (Å²) in [5, 5.41) is 11.2. The molecule has 2 rings (SSSR count). The molecule has 7 nitrogen and oxygen atoms in total. The number of amides is 3. The first-order chi connectivity index (χ1) is 9.43. The minimum Gasteiger partial charge on any atom is -0.481 e. The van der Waals surface area contributed by atoms with Gasteiger partial charge in [0.15, 0.2) is 0 Å². The van der Waals surface area contributed by atoms with E-state index in [1.165, 1.54) is 4.90 Å². The van der Waals surface area contributed by atoms with Crippen LogP contribution in [0.15, 0.2) is 0 Å². The van der Waals surface area contributed by atoms with Crippen molar-refractivity contribution in [2.75, 3.05) is 6.54 Å². The van der Waals surface area contributed by atoms with Crippen LogP contribution in [0.4, 0.5) is 0 Å². The van der Waals surface area contributed by atoms with Crippen LogP contribution >= 0.6 is 0 Å². The average Bonchev–Trinajstić information content (AvgIpc) is 2.86. The largest absolute Gasteiger partial charge is 0.481 e. The van der Waals surface area contributed by atoms with E-state index in [1.807, 2.05) is 0 Å². The van der Waals surface area contributed by atoms with Crippen LogP contribution in [0.1, 0.15) is 32.6 Å². The van der Waals surface area contributed by atoms with E-state index in [1.54, 1.807) is 6.92 Å². The first kappa shape index (κ1) is 14.5. The zero-order valence-corrected chi connectivity index (χ0v) is 11.3. The van der Waals surface area contributed by atoms with Crippen molar-refractivity contribution in [3.05, 3.63) is 0 Å². The van der Waals surface area contributed by atoms with Crippen molar-refractivity contribution < 1.29 is 24.3 Å². The van der Waals surface area contributed by atoms with Crippen molar-refractivity contribution >= 4 is 23.7 Å². The summed E-state index contributed by atoms with van der Waals surface area (Å²) in [6.07, 6.45) is 1.69. The standard InChI is InChI=1S/C13H18N2O5/c1-2-9-11(17)14-10(16)6-15(9)12(18)7-3-4-8(5-7)13(19)20/h7-9H,2-6H2,1H3,(H,19,20)(H,14,16,17)/t7-,8+,9?/m1/s1. The summed E-state index contributed by atoms with van der Waals surface area (Å²) < 4.78 is 0. The van der Waals surface area contributed by atoms with E-state index in [0.717, 1.165) is 0 Å². The lowest BCUT2D eigenvalue weighted by molar-refractivity contribution is -0.152. The van der Waals surface area contributed by atoms with Gasteiger partial charge >= 0.3 is 5.97 Å². The maximum atomic E-state index is 12.4. The van der Waals surface area contributed by atoms with E-state index in [9.17, 15) is 19.2 Å². The zero-order valence-electron chi connectivity index (χ0n) is 11.3. The number of hydrogen-bond acceptors (Lipinski definition) is 4. The molecule has 1 aliphatic carbocycles. The summed E-state index contributed by atoms with van der Waals surface area (Å²) in [6.45, 7) is 1.65. The van der Waals surface area contributed by atoms with Crippen molar-refractivity contribution in [1.29, 1.82) is 0 Å². The molecule has 0 aromatic rings. The van der Waals surface area contributed by atoms with E-state index in [-0.39, 0.29) is 18.9 Å². The van der Waals surface area contributed by atoms with Gasteiger partial charge in [0.1, 0.15) is 12.6 Å². The summed E-state index contributed by atoms with van der Waals surface area (Å²) in [5.74, 6) is -3.00. The van der Waals surface area contributed by atoms with Crippen LogP contribution in [-0.2, 0) is 19.2 Å². The summed E-state index contributed by atoms with van der Waals surface area (Å²) in [7, 11) is 0. The molecular formula is C13H18N2O5. The quantitative estimate of drug-likeness (QED) is 0.695. The maximum absolute atomic E-state index is 12.4. The Hall–Kier alpha value is -1.92. The highest BCUT2D eigenvalue weighted by atomic mass is 16.4. The molecule has 0 bridgehead atoms. The fourth-order valence-corrected chi connectivity index (χ4v) is 2.97. The minimum atomic E-state index is -0.889. The van der Waals surface area contributed by atoms with E-state index in [4.69, 9.17) is 5.11 Å². The van der Waals surface area contributed by atoms with Gasteiger partial charge in [-0.15, -0.1) is 0 Å². The monoisotopic (exact) mass is 282 g/mol. The zero-order chi connectivity index (χ0) is 14.9. The molecular weight excluding hydrogens is 264 g/mol. The highest BCUT2D eigenvalue weighted by molar-refractivity contribution is 6.04. The molecule has 0 radical (unpaired) electrons.